The Morgan fingerprint density at radius 3 is 2.94 bits per heavy atom. The van der Waals surface area contributed by atoms with Gasteiger partial charge in [0.2, 0.25) is 0 Å². The number of Topliss-reactive ketones (excluding diaryl/α,β-unsaturated/α-hetero) is 1. The molecule has 4 heteroatoms. The number of hydrogen-bond acceptors (Lipinski definition) is 2. The van der Waals surface area contributed by atoms with E-state index in [9.17, 15) is 4.79 Å². The SMILES string of the molecule is Cn1cc(Cl)c2ccc(C(=O)CCN)cc21. The van der Waals surface area contributed by atoms with Gasteiger partial charge in [-0.15, -0.1) is 0 Å². The summed E-state index contributed by atoms with van der Waals surface area (Å²) >= 11 is 6.05. The Kier molecular flexibility index (Phi) is 2.99. The molecule has 16 heavy (non-hydrogen) atoms. The summed E-state index contributed by atoms with van der Waals surface area (Å²) in [5.41, 5.74) is 7.02. The van der Waals surface area contributed by atoms with Crippen molar-refractivity contribution in [3.63, 3.8) is 0 Å². The number of hydrogen-bond donors (Lipinski definition) is 1. The highest BCUT2D eigenvalue weighted by Crippen LogP contribution is 2.26. The monoisotopic (exact) mass is 236 g/mol. The van der Waals surface area contributed by atoms with Crippen LogP contribution in [0.1, 0.15) is 16.8 Å². The van der Waals surface area contributed by atoms with E-state index in [0.717, 1.165) is 10.9 Å². The van der Waals surface area contributed by atoms with Crippen LogP contribution in [0.15, 0.2) is 24.4 Å². The van der Waals surface area contributed by atoms with Crippen molar-refractivity contribution >= 4 is 28.3 Å². The van der Waals surface area contributed by atoms with Crippen LogP contribution < -0.4 is 5.73 Å². The first kappa shape index (κ1) is 11.2. The van der Waals surface area contributed by atoms with Crippen molar-refractivity contribution in [2.75, 3.05) is 6.54 Å². The number of nitrogens with zero attached hydrogens (tertiary/aromatic N) is 1. The maximum Gasteiger partial charge on any atom is 0.164 e. The van der Waals surface area contributed by atoms with Crippen molar-refractivity contribution < 1.29 is 4.79 Å². The van der Waals surface area contributed by atoms with E-state index in [2.05, 4.69) is 0 Å². The lowest BCUT2D eigenvalue weighted by molar-refractivity contribution is 0.0985. The normalized spacial score (nSPS) is 10.9. The third-order valence-electron chi connectivity index (χ3n) is 2.64. The van der Waals surface area contributed by atoms with Crippen LogP contribution in [0.25, 0.3) is 10.9 Å². The van der Waals surface area contributed by atoms with Gasteiger partial charge in [-0.05, 0) is 12.6 Å². The summed E-state index contributed by atoms with van der Waals surface area (Å²) in [5.74, 6) is 0.0710. The fourth-order valence-corrected chi connectivity index (χ4v) is 2.09. The van der Waals surface area contributed by atoms with Crippen molar-refractivity contribution in [1.82, 2.24) is 4.57 Å². The topological polar surface area (TPSA) is 48.0 Å². The second-order valence-corrected chi connectivity index (χ2v) is 4.19. The summed E-state index contributed by atoms with van der Waals surface area (Å²) in [6.45, 7) is 0.380. The van der Waals surface area contributed by atoms with E-state index >= 15 is 0 Å². The van der Waals surface area contributed by atoms with Gasteiger partial charge < -0.3 is 10.3 Å². The molecule has 0 saturated carbocycles. The summed E-state index contributed by atoms with van der Waals surface area (Å²) in [5, 5.41) is 1.67. The van der Waals surface area contributed by atoms with Crippen LogP contribution in [-0.2, 0) is 7.05 Å². The van der Waals surface area contributed by atoms with Gasteiger partial charge in [-0.2, -0.15) is 0 Å². The number of ketones is 1. The summed E-state index contributed by atoms with van der Waals surface area (Å²) in [6.07, 6.45) is 2.22. The van der Waals surface area contributed by atoms with Gasteiger partial charge in [0.05, 0.1) is 10.5 Å². The number of fused-ring (bicyclic) bond motifs is 1. The largest absolute Gasteiger partial charge is 0.349 e. The second-order valence-electron chi connectivity index (χ2n) is 3.78. The molecule has 0 aliphatic rings. The molecule has 0 unspecified atom stereocenters. The maximum atomic E-state index is 11.7. The third-order valence-corrected chi connectivity index (χ3v) is 2.94. The zero-order valence-electron chi connectivity index (χ0n) is 9.03. The summed E-state index contributed by atoms with van der Waals surface area (Å²) in [7, 11) is 1.91. The number of aryl methyl sites for hydroxylation is 1. The first-order chi connectivity index (χ1) is 7.63. The van der Waals surface area contributed by atoms with Gasteiger partial charge in [-0.1, -0.05) is 23.7 Å². The van der Waals surface area contributed by atoms with E-state index in [1.54, 1.807) is 6.07 Å². The lowest BCUT2D eigenvalue weighted by Gasteiger charge is -2.01. The molecule has 0 aliphatic carbocycles. The van der Waals surface area contributed by atoms with Gasteiger partial charge in [0.1, 0.15) is 0 Å². The Bertz CT molecular complexity index is 545. The van der Waals surface area contributed by atoms with Crippen LogP contribution >= 0.6 is 11.6 Å². The Hall–Kier alpha value is -1.32. The molecule has 0 radical (unpaired) electrons. The zero-order chi connectivity index (χ0) is 11.7. The minimum Gasteiger partial charge on any atom is -0.349 e. The Morgan fingerprint density at radius 1 is 1.50 bits per heavy atom. The van der Waals surface area contributed by atoms with Crippen molar-refractivity contribution in [3.05, 3.63) is 35.0 Å². The van der Waals surface area contributed by atoms with Crippen LogP contribution in [0.3, 0.4) is 0 Å². The van der Waals surface area contributed by atoms with E-state index in [0.29, 0.717) is 23.6 Å². The van der Waals surface area contributed by atoms with Crippen molar-refractivity contribution in [2.45, 2.75) is 6.42 Å². The minimum absolute atomic E-state index is 0.0710. The predicted octanol–water partition coefficient (Wildman–Crippen LogP) is 2.36. The molecular formula is C12H13ClN2O. The number of rotatable bonds is 3. The molecule has 0 atom stereocenters. The molecule has 2 N–H and O–H groups in total. The van der Waals surface area contributed by atoms with Crippen LogP contribution in [0, 0.1) is 0 Å². The average Bonchev–Trinajstić information content (AvgIpc) is 2.55. The first-order valence-corrected chi connectivity index (χ1v) is 5.49. The molecule has 0 fully saturated rings. The fraction of sp³-hybridized carbons (Fsp3) is 0.250. The number of nitrogens with two attached hydrogens (primary N) is 1. The van der Waals surface area contributed by atoms with Crippen LogP contribution in [0.2, 0.25) is 5.02 Å². The van der Waals surface area contributed by atoms with E-state index < -0.39 is 0 Å². The van der Waals surface area contributed by atoms with Gasteiger partial charge in [-0.3, -0.25) is 4.79 Å². The van der Waals surface area contributed by atoms with Gasteiger partial charge in [0, 0.05) is 30.6 Å². The van der Waals surface area contributed by atoms with Gasteiger partial charge >= 0.3 is 0 Å². The summed E-state index contributed by atoms with van der Waals surface area (Å²) in [4.78, 5) is 11.7. The molecular weight excluding hydrogens is 224 g/mol. The standard InChI is InChI=1S/C12H13ClN2O/c1-15-7-10(13)9-3-2-8(6-11(9)15)12(16)4-5-14/h2-3,6-7H,4-5,14H2,1H3. The molecule has 0 aliphatic heterocycles. The molecule has 3 nitrogen and oxygen atoms in total. The van der Waals surface area contributed by atoms with Crippen LogP contribution in [-0.4, -0.2) is 16.9 Å². The van der Waals surface area contributed by atoms with Crippen molar-refractivity contribution in [3.8, 4) is 0 Å². The molecule has 2 rings (SSSR count). The molecule has 0 spiro atoms. The maximum absolute atomic E-state index is 11.7. The highest BCUT2D eigenvalue weighted by atomic mass is 35.5. The smallest absolute Gasteiger partial charge is 0.164 e. The predicted molar refractivity (Wildman–Crippen MR) is 65.9 cm³/mol. The summed E-state index contributed by atoms with van der Waals surface area (Å²) < 4.78 is 1.91. The molecule has 2 aromatic rings. The number of carbonyl (C=O) groups excluding carboxylic acids is 1. The highest BCUT2D eigenvalue weighted by Gasteiger charge is 2.09. The number of halogens is 1. The lowest BCUT2D eigenvalue weighted by atomic mass is 10.1. The van der Waals surface area contributed by atoms with Gasteiger partial charge in [-0.25, -0.2) is 0 Å². The zero-order valence-corrected chi connectivity index (χ0v) is 9.79. The van der Waals surface area contributed by atoms with Crippen molar-refractivity contribution in [2.24, 2.45) is 12.8 Å². The Labute approximate surface area is 98.8 Å². The second kappa shape index (κ2) is 4.28. The third kappa shape index (κ3) is 1.84. The van der Waals surface area contributed by atoms with Gasteiger partial charge in [0.25, 0.3) is 0 Å². The first-order valence-electron chi connectivity index (χ1n) is 5.11. The quantitative estimate of drug-likeness (QED) is 0.832. The lowest BCUT2D eigenvalue weighted by Crippen LogP contribution is -2.08. The van der Waals surface area contributed by atoms with E-state index in [-0.39, 0.29) is 5.78 Å². The molecule has 0 saturated heterocycles. The van der Waals surface area contributed by atoms with Gasteiger partial charge in [0.15, 0.2) is 5.78 Å². The highest BCUT2D eigenvalue weighted by molar-refractivity contribution is 6.35. The average molecular weight is 237 g/mol. The number of benzene rings is 1. The van der Waals surface area contributed by atoms with Crippen LogP contribution in [0.5, 0.6) is 0 Å². The van der Waals surface area contributed by atoms with Crippen LogP contribution in [0.4, 0.5) is 0 Å². The fourth-order valence-electron chi connectivity index (χ4n) is 1.78. The van der Waals surface area contributed by atoms with Crippen molar-refractivity contribution in [1.29, 1.82) is 0 Å². The Balaban J connectivity index is 2.51. The molecule has 1 aromatic carbocycles. The minimum atomic E-state index is 0.0710. The number of carbonyl (C=O) groups is 1. The molecule has 0 amide bonds. The molecule has 1 aromatic heterocycles. The molecule has 1 heterocycles. The van der Waals surface area contributed by atoms with E-state index in [1.807, 2.05) is 29.9 Å². The van der Waals surface area contributed by atoms with E-state index in [4.69, 9.17) is 17.3 Å². The molecule has 0 bridgehead atoms. The Morgan fingerprint density at radius 2 is 2.25 bits per heavy atom. The number of aromatic nitrogens is 1. The summed E-state index contributed by atoms with van der Waals surface area (Å²) in [6, 6.07) is 5.53. The molecule has 84 valence electrons. The van der Waals surface area contributed by atoms with E-state index in [1.165, 1.54) is 0 Å².